The molecule has 1 nitrogen and oxygen atoms in total. The predicted molar refractivity (Wildman–Crippen MR) is 39.8 cm³/mol. The van der Waals surface area contributed by atoms with Crippen LogP contribution in [0.2, 0.25) is 0 Å². The molecule has 54 valence electrons. The minimum atomic E-state index is -0.213. The fraction of sp³-hybridized carbons (Fsp3) is 0.857. The maximum Gasteiger partial charge on any atom is 0.139 e. The molecule has 0 aliphatic carbocycles. The lowest BCUT2D eigenvalue weighted by Gasteiger charge is -2.14. The number of ketones is 1. The summed E-state index contributed by atoms with van der Waals surface area (Å²) in [5.74, 6) is 0.674. The zero-order valence-electron chi connectivity index (χ0n) is 6.20. The maximum atomic E-state index is 11.0. The molecule has 0 aliphatic heterocycles. The molecule has 0 heterocycles. The van der Waals surface area contributed by atoms with Crippen molar-refractivity contribution in [2.75, 3.05) is 5.88 Å². The van der Waals surface area contributed by atoms with Crippen LogP contribution in [0.25, 0.3) is 0 Å². The van der Waals surface area contributed by atoms with Crippen LogP contribution in [0.15, 0.2) is 0 Å². The van der Waals surface area contributed by atoms with Gasteiger partial charge >= 0.3 is 0 Å². The van der Waals surface area contributed by atoms with Crippen LogP contribution < -0.4 is 0 Å². The van der Waals surface area contributed by atoms with Crippen molar-refractivity contribution in [3.05, 3.63) is 0 Å². The molecular formula is C7H13ClO. The van der Waals surface area contributed by atoms with Crippen molar-refractivity contribution < 1.29 is 4.79 Å². The molecule has 0 saturated heterocycles. The Balaban J connectivity index is 3.74. The number of rotatable bonds is 2. The van der Waals surface area contributed by atoms with Crippen molar-refractivity contribution in [1.82, 2.24) is 0 Å². The van der Waals surface area contributed by atoms with Crippen LogP contribution in [0.1, 0.15) is 27.2 Å². The van der Waals surface area contributed by atoms with Gasteiger partial charge in [-0.1, -0.05) is 20.8 Å². The number of Topliss-reactive ketones (excluding diaryl/α,β-unsaturated/α-hetero) is 1. The van der Waals surface area contributed by atoms with Gasteiger partial charge in [0.1, 0.15) is 5.78 Å². The monoisotopic (exact) mass is 148 g/mol. The van der Waals surface area contributed by atoms with E-state index in [4.69, 9.17) is 11.6 Å². The molecule has 0 aromatic heterocycles. The van der Waals surface area contributed by atoms with Gasteiger partial charge in [0.05, 0.1) is 0 Å². The van der Waals surface area contributed by atoms with E-state index in [1.54, 1.807) is 0 Å². The highest BCUT2D eigenvalue weighted by atomic mass is 35.5. The quantitative estimate of drug-likeness (QED) is 0.549. The van der Waals surface area contributed by atoms with Gasteiger partial charge in [0.2, 0.25) is 0 Å². The molecule has 2 heteroatoms. The third kappa shape index (κ3) is 3.52. The van der Waals surface area contributed by atoms with E-state index in [0.717, 1.165) is 0 Å². The molecule has 0 amide bonds. The SMILES string of the molecule is CC(C)(C)C(=O)CCCl. The van der Waals surface area contributed by atoms with Gasteiger partial charge in [-0.3, -0.25) is 4.79 Å². The molecule has 0 aliphatic rings. The van der Waals surface area contributed by atoms with Gasteiger partial charge in [0, 0.05) is 17.7 Å². The van der Waals surface area contributed by atoms with E-state index in [-0.39, 0.29) is 11.2 Å². The highest BCUT2D eigenvalue weighted by molar-refractivity contribution is 6.19. The van der Waals surface area contributed by atoms with Crippen molar-refractivity contribution in [2.45, 2.75) is 27.2 Å². The van der Waals surface area contributed by atoms with Gasteiger partial charge in [-0.15, -0.1) is 11.6 Å². The molecule has 0 radical (unpaired) electrons. The Hall–Kier alpha value is -0.0400. The van der Waals surface area contributed by atoms with E-state index in [2.05, 4.69) is 0 Å². The molecule has 0 aromatic carbocycles. The summed E-state index contributed by atoms with van der Waals surface area (Å²) in [7, 11) is 0. The van der Waals surface area contributed by atoms with Crippen LogP contribution >= 0.6 is 11.6 Å². The lowest BCUT2D eigenvalue weighted by Crippen LogP contribution is -2.19. The summed E-state index contributed by atoms with van der Waals surface area (Å²) >= 11 is 5.38. The number of halogens is 1. The van der Waals surface area contributed by atoms with Crippen molar-refractivity contribution in [1.29, 1.82) is 0 Å². The van der Waals surface area contributed by atoms with Crippen LogP contribution in [0.3, 0.4) is 0 Å². The number of hydrogen-bond donors (Lipinski definition) is 0. The van der Waals surface area contributed by atoms with Crippen LogP contribution in [0.4, 0.5) is 0 Å². The molecule has 0 unspecified atom stereocenters. The fourth-order valence-corrected chi connectivity index (χ4v) is 0.632. The normalized spacial score (nSPS) is 11.6. The molecule has 0 N–H and O–H groups in total. The van der Waals surface area contributed by atoms with E-state index in [9.17, 15) is 4.79 Å². The van der Waals surface area contributed by atoms with Crippen molar-refractivity contribution in [2.24, 2.45) is 5.41 Å². The second kappa shape index (κ2) is 3.21. The van der Waals surface area contributed by atoms with Gasteiger partial charge < -0.3 is 0 Å². The summed E-state index contributed by atoms with van der Waals surface area (Å²) in [6, 6.07) is 0. The first-order valence-corrected chi connectivity index (χ1v) is 3.61. The van der Waals surface area contributed by atoms with Gasteiger partial charge in [-0.25, -0.2) is 0 Å². The Kier molecular flexibility index (Phi) is 3.20. The third-order valence-corrected chi connectivity index (χ3v) is 1.35. The Morgan fingerprint density at radius 1 is 1.44 bits per heavy atom. The lowest BCUT2D eigenvalue weighted by atomic mass is 9.89. The minimum Gasteiger partial charge on any atom is -0.299 e. The van der Waals surface area contributed by atoms with Crippen molar-refractivity contribution in [3.63, 3.8) is 0 Å². The van der Waals surface area contributed by atoms with E-state index < -0.39 is 0 Å². The second-order valence-electron chi connectivity index (χ2n) is 3.11. The summed E-state index contributed by atoms with van der Waals surface area (Å²) < 4.78 is 0. The zero-order valence-corrected chi connectivity index (χ0v) is 6.96. The summed E-state index contributed by atoms with van der Waals surface area (Å²) in [6.45, 7) is 5.71. The smallest absolute Gasteiger partial charge is 0.139 e. The van der Waals surface area contributed by atoms with Crippen LogP contribution in [0, 0.1) is 5.41 Å². The molecule has 9 heavy (non-hydrogen) atoms. The molecule has 0 saturated carbocycles. The first kappa shape index (κ1) is 8.96. The van der Waals surface area contributed by atoms with E-state index in [1.807, 2.05) is 20.8 Å². The first-order chi connectivity index (χ1) is 3.98. The van der Waals surface area contributed by atoms with E-state index in [0.29, 0.717) is 12.3 Å². The Morgan fingerprint density at radius 3 is 2.00 bits per heavy atom. The number of hydrogen-bond acceptors (Lipinski definition) is 1. The second-order valence-corrected chi connectivity index (χ2v) is 3.49. The highest BCUT2D eigenvalue weighted by Crippen LogP contribution is 2.16. The molecule has 0 aromatic rings. The molecule has 0 atom stereocenters. The predicted octanol–water partition coefficient (Wildman–Crippen LogP) is 2.23. The van der Waals surface area contributed by atoms with Crippen molar-refractivity contribution >= 4 is 17.4 Å². The molecule has 0 rings (SSSR count). The Bertz CT molecular complexity index is 102. The lowest BCUT2D eigenvalue weighted by molar-refractivity contribution is -0.125. The first-order valence-electron chi connectivity index (χ1n) is 3.07. The summed E-state index contributed by atoms with van der Waals surface area (Å²) in [4.78, 5) is 11.0. The number of carbonyl (C=O) groups is 1. The van der Waals surface area contributed by atoms with E-state index in [1.165, 1.54) is 0 Å². The highest BCUT2D eigenvalue weighted by Gasteiger charge is 2.19. The average molecular weight is 149 g/mol. The van der Waals surface area contributed by atoms with Crippen LogP contribution in [-0.4, -0.2) is 11.7 Å². The van der Waals surface area contributed by atoms with Gasteiger partial charge in [-0.05, 0) is 0 Å². The molecular weight excluding hydrogens is 136 g/mol. The molecule has 0 bridgehead atoms. The van der Waals surface area contributed by atoms with Gasteiger partial charge in [-0.2, -0.15) is 0 Å². The van der Waals surface area contributed by atoms with Crippen molar-refractivity contribution in [3.8, 4) is 0 Å². The Labute approximate surface area is 61.4 Å². The zero-order chi connectivity index (χ0) is 7.49. The van der Waals surface area contributed by atoms with Gasteiger partial charge in [0.15, 0.2) is 0 Å². The fourth-order valence-electron chi connectivity index (χ4n) is 0.461. The molecule has 0 fully saturated rings. The average Bonchev–Trinajstić information content (AvgIpc) is 1.64. The topological polar surface area (TPSA) is 17.1 Å². The third-order valence-electron chi connectivity index (χ3n) is 1.16. The maximum absolute atomic E-state index is 11.0. The van der Waals surface area contributed by atoms with E-state index >= 15 is 0 Å². The molecule has 0 spiro atoms. The van der Waals surface area contributed by atoms with Crippen LogP contribution in [0.5, 0.6) is 0 Å². The van der Waals surface area contributed by atoms with Crippen LogP contribution in [-0.2, 0) is 4.79 Å². The number of carbonyl (C=O) groups excluding carboxylic acids is 1. The standard InChI is InChI=1S/C7H13ClO/c1-7(2,3)6(9)4-5-8/h4-5H2,1-3H3. The summed E-state index contributed by atoms with van der Waals surface area (Å²) in [5, 5.41) is 0. The summed E-state index contributed by atoms with van der Waals surface area (Å²) in [6.07, 6.45) is 0.491. The largest absolute Gasteiger partial charge is 0.299 e. The minimum absolute atomic E-state index is 0.213. The number of alkyl halides is 1. The van der Waals surface area contributed by atoms with Gasteiger partial charge in [0.25, 0.3) is 0 Å². The Morgan fingerprint density at radius 2 is 1.89 bits per heavy atom. The summed E-state index contributed by atoms with van der Waals surface area (Å²) in [5.41, 5.74) is -0.213.